The number of benzene rings is 2. The molecule has 2 aromatic carbocycles. The molecule has 1 N–H and O–H groups in total. The van der Waals surface area contributed by atoms with Crippen LogP contribution in [0.2, 0.25) is 5.02 Å². The van der Waals surface area contributed by atoms with Crippen LogP contribution >= 0.6 is 11.6 Å². The van der Waals surface area contributed by atoms with Gasteiger partial charge in [-0.15, -0.1) is 0 Å². The molecule has 0 saturated carbocycles. The fourth-order valence-electron chi connectivity index (χ4n) is 2.44. The molecule has 0 heterocycles. The van der Waals surface area contributed by atoms with Gasteiger partial charge in [0.1, 0.15) is 12.4 Å². The predicted octanol–water partition coefficient (Wildman–Crippen LogP) is 3.08. The molecule has 1 amide bonds. The van der Waals surface area contributed by atoms with Gasteiger partial charge in [0.15, 0.2) is 0 Å². The van der Waals surface area contributed by atoms with Crippen molar-refractivity contribution in [3.8, 4) is 5.75 Å². The highest BCUT2D eigenvalue weighted by atomic mass is 35.5. The Kier molecular flexibility index (Phi) is 7.94. The summed E-state index contributed by atoms with van der Waals surface area (Å²) in [4.78, 5) is 11.9. The van der Waals surface area contributed by atoms with Crippen LogP contribution < -0.4 is 14.4 Å². The first kappa shape index (κ1) is 21.1. The van der Waals surface area contributed by atoms with E-state index in [0.717, 1.165) is 6.26 Å². The molecule has 0 aromatic heterocycles. The third kappa shape index (κ3) is 7.48. The van der Waals surface area contributed by atoms with Gasteiger partial charge in [0.05, 0.1) is 18.5 Å². The quantitative estimate of drug-likeness (QED) is 0.611. The van der Waals surface area contributed by atoms with Crippen molar-refractivity contribution in [3.63, 3.8) is 0 Å². The molecule has 0 unspecified atom stereocenters. The average Bonchev–Trinajstić information content (AvgIpc) is 2.63. The number of halogens is 1. The number of carbonyl (C=O) groups excluding carboxylic acids is 1. The zero-order valence-electron chi connectivity index (χ0n) is 15.1. The molecule has 0 spiro atoms. The average molecular weight is 411 g/mol. The molecular formula is C19H23ClN2O4S. The number of ether oxygens (including phenoxy) is 1. The van der Waals surface area contributed by atoms with Crippen molar-refractivity contribution in [2.75, 3.05) is 30.3 Å². The Morgan fingerprint density at radius 1 is 1.11 bits per heavy atom. The number of hydrogen-bond donors (Lipinski definition) is 1. The van der Waals surface area contributed by atoms with Gasteiger partial charge in [-0.05, 0) is 42.8 Å². The smallest absolute Gasteiger partial charge is 0.232 e. The molecule has 0 aliphatic rings. The number of nitrogens with one attached hydrogen (secondary N) is 1. The first-order valence-corrected chi connectivity index (χ1v) is 10.8. The van der Waals surface area contributed by atoms with Crippen LogP contribution in [0.15, 0.2) is 54.6 Å². The van der Waals surface area contributed by atoms with E-state index in [-0.39, 0.29) is 18.9 Å². The molecule has 0 atom stereocenters. The lowest BCUT2D eigenvalue weighted by Gasteiger charge is -2.22. The van der Waals surface area contributed by atoms with Crippen LogP contribution in [-0.2, 0) is 14.8 Å². The van der Waals surface area contributed by atoms with Gasteiger partial charge in [0.25, 0.3) is 0 Å². The van der Waals surface area contributed by atoms with Crippen LogP contribution in [0.3, 0.4) is 0 Å². The Labute approximate surface area is 165 Å². The van der Waals surface area contributed by atoms with Crippen LogP contribution in [0.5, 0.6) is 5.75 Å². The van der Waals surface area contributed by atoms with E-state index in [1.165, 1.54) is 4.31 Å². The third-order valence-corrected chi connectivity index (χ3v) is 5.16. The first-order valence-electron chi connectivity index (χ1n) is 8.54. The normalized spacial score (nSPS) is 11.0. The van der Waals surface area contributed by atoms with Gasteiger partial charge in [-0.2, -0.15) is 0 Å². The molecule has 2 rings (SSSR count). The van der Waals surface area contributed by atoms with Gasteiger partial charge < -0.3 is 10.1 Å². The van der Waals surface area contributed by atoms with Crippen LogP contribution in [0, 0.1) is 0 Å². The summed E-state index contributed by atoms with van der Waals surface area (Å²) < 4.78 is 30.8. The van der Waals surface area contributed by atoms with Crippen LogP contribution in [0.1, 0.15) is 12.8 Å². The summed E-state index contributed by atoms with van der Waals surface area (Å²) in [6, 6.07) is 15.8. The van der Waals surface area contributed by atoms with Crippen LogP contribution in [-0.4, -0.2) is 40.3 Å². The minimum absolute atomic E-state index is 0.142. The number of para-hydroxylation sites is 1. The first-order chi connectivity index (χ1) is 12.9. The van der Waals surface area contributed by atoms with Crippen molar-refractivity contribution in [1.82, 2.24) is 5.32 Å². The molecule has 0 radical (unpaired) electrons. The molecule has 0 bridgehead atoms. The highest BCUT2D eigenvalue weighted by molar-refractivity contribution is 7.92. The summed E-state index contributed by atoms with van der Waals surface area (Å²) in [7, 11) is -3.40. The second-order valence-corrected chi connectivity index (χ2v) is 8.27. The molecule has 2 aromatic rings. The fraction of sp³-hybridized carbons (Fsp3) is 0.316. The van der Waals surface area contributed by atoms with Gasteiger partial charge in [-0.25, -0.2) is 8.42 Å². The summed E-state index contributed by atoms with van der Waals surface area (Å²) in [5.41, 5.74) is 0.594. The highest BCUT2D eigenvalue weighted by Gasteiger charge is 2.17. The second-order valence-electron chi connectivity index (χ2n) is 5.93. The lowest BCUT2D eigenvalue weighted by Crippen LogP contribution is -2.32. The Hall–Kier alpha value is -2.25. The SMILES string of the molecule is CS(=O)(=O)N(CCCC(=O)NCCOc1ccc(Cl)cc1)c1ccccc1. The van der Waals surface area contributed by atoms with Crippen molar-refractivity contribution < 1.29 is 17.9 Å². The number of sulfonamides is 1. The maximum absolute atomic E-state index is 12.0. The van der Waals surface area contributed by atoms with E-state index in [1.807, 2.05) is 6.07 Å². The number of rotatable bonds is 10. The van der Waals surface area contributed by atoms with Crippen molar-refractivity contribution in [2.24, 2.45) is 0 Å². The third-order valence-electron chi connectivity index (χ3n) is 3.72. The summed E-state index contributed by atoms with van der Waals surface area (Å²) >= 11 is 5.80. The molecule has 0 aliphatic heterocycles. The zero-order chi connectivity index (χ0) is 19.7. The second kappa shape index (κ2) is 10.2. The highest BCUT2D eigenvalue weighted by Crippen LogP contribution is 2.17. The number of nitrogens with zero attached hydrogens (tertiary/aromatic N) is 1. The van der Waals surface area contributed by atoms with E-state index >= 15 is 0 Å². The molecule has 0 fully saturated rings. The van der Waals surface area contributed by atoms with E-state index < -0.39 is 10.0 Å². The van der Waals surface area contributed by atoms with Crippen molar-refractivity contribution in [1.29, 1.82) is 0 Å². The minimum Gasteiger partial charge on any atom is -0.492 e. The Balaban J connectivity index is 1.70. The number of amides is 1. The summed E-state index contributed by atoms with van der Waals surface area (Å²) in [6.07, 6.45) is 1.82. The lowest BCUT2D eigenvalue weighted by atomic mass is 10.2. The monoisotopic (exact) mass is 410 g/mol. The minimum atomic E-state index is -3.40. The largest absolute Gasteiger partial charge is 0.492 e. The molecule has 146 valence electrons. The fourth-order valence-corrected chi connectivity index (χ4v) is 3.53. The van der Waals surface area contributed by atoms with E-state index in [0.29, 0.717) is 36.0 Å². The van der Waals surface area contributed by atoms with Gasteiger partial charge in [0.2, 0.25) is 15.9 Å². The van der Waals surface area contributed by atoms with Crippen molar-refractivity contribution in [3.05, 3.63) is 59.6 Å². The van der Waals surface area contributed by atoms with E-state index in [1.54, 1.807) is 48.5 Å². The lowest BCUT2D eigenvalue weighted by molar-refractivity contribution is -0.121. The van der Waals surface area contributed by atoms with Gasteiger partial charge in [-0.3, -0.25) is 9.10 Å². The molecule has 0 saturated heterocycles. The number of carbonyl (C=O) groups is 1. The van der Waals surface area contributed by atoms with E-state index in [4.69, 9.17) is 16.3 Å². The van der Waals surface area contributed by atoms with E-state index in [9.17, 15) is 13.2 Å². The molecule has 6 nitrogen and oxygen atoms in total. The van der Waals surface area contributed by atoms with Gasteiger partial charge in [-0.1, -0.05) is 29.8 Å². The standard InChI is InChI=1S/C19H23ClN2O4S/c1-27(24,25)22(17-6-3-2-4-7-17)14-5-8-19(23)21-13-15-26-18-11-9-16(20)10-12-18/h2-4,6-7,9-12H,5,8,13-15H2,1H3,(H,21,23). The van der Waals surface area contributed by atoms with Crippen molar-refractivity contribution in [2.45, 2.75) is 12.8 Å². The maximum Gasteiger partial charge on any atom is 0.232 e. The topological polar surface area (TPSA) is 75.7 Å². The Bertz CT molecular complexity index is 827. The zero-order valence-corrected chi connectivity index (χ0v) is 16.7. The van der Waals surface area contributed by atoms with Crippen LogP contribution in [0.4, 0.5) is 5.69 Å². The summed E-state index contributed by atoms with van der Waals surface area (Å²) in [5.74, 6) is 0.538. The molecule has 8 heteroatoms. The van der Waals surface area contributed by atoms with E-state index in [2.05, 4.69) is 5.32 Å². The Morgan fingerprint density at radius 2 is 1.78 bits per heavy atom. The van der Waals surface area contributed by atoms with Crippen LogP contribution in [0.25, 0.3) is 0 Å². The predicted molar refractivity (Wildman–Crippen MR) is 108 cm³/mol. The van der Waals surface area contributed by atoms with Crippen molar-refractivity contribution >= 4 is 33.2 Å². The Morgan fingerprint density at radius 3 is 2.41 bits per heavy atom. The number of anilines is 1. The summed E-state index contributed by atoms with van der Waals surface area (Å²) in [5, 5.41) is 3.39. The molecule has 0 aliphatic carbocycles. The maximum atomic E-state index is 12.0. The molecular weight excluding hydrogens is 388 g/mol. The van der Waals surface area contributed by atoms with Gasteiger partial charge in [0, 0.05) is 18.0 Å². The van der Waals surface area contributed by atoms with Gasteiger partial charge >= 0.3 is 0 Å². The number of hydrogen-bond acceptors (Lipinski definition) is 4. The molecule has 27 heavy (non-hydrogen) atoms. The summed E-state index contributed by atoms with van der Waals surface area (Å²) in [6.45, 7) is 0.959.